The van der Waals surface area contributed by atoms with E-state index in [9.17, 15) is 154 Å². The van der Waals surface area contributed by atoms with E-state index in [0.29, 0.717) is 0 Å². The second-order valence-corrected chi connectivity index (χ2v) is 9.30. The molecule has 54 heavy (non-hydrogen) atoms. The first-order chi connectivity index (χ1) is 22.1. The van der Waals surface area contributed by atoms with E-state index >= 15 is 0 Å². The van der Waals surface area contributed by atoms with Crippen LogP contribution in [0.2, 0.25) is 0 Å². The number of nitrogens with zero attached hydrogens (tertiary/aromatic N) is 1. The van der Waals surface area contributed by atoms with E-state index < -0.39 is 106 Å². The normalized spacial score (nSPS) is 16.6. The van der Waals surface area contributed by atoms with Crippen LogP contribution in [0, 0.1) is 0 Å². The summed E-state index contributed by atoms with van der Waals surface area (Å²) in [6.07, 6.45) is -46.2. The zero-order valence-corrected chi connectivity index (χ0v) is 24.2. The summed E-state index contributed by atoms with van der Waals surface area (Å²) in [7, 11) is 0. The Balaban J connectivity index is 0. The molecule has 0 unspecified atom stereocenters. The molecule has 3 nitrogen and oxygen atoms in total. The first-order valence-corrected chi connectivity index (χ1v) is 10.8. The first-order valence-electron chi connectivity index (χ1n) is 10.8. The Labute approximate surface area is 278 Å². The van der Waals surface area contributed by atoms with Crippen LogP contribution < -0.4 is 22.3 Å². The Morgan fingerprint density at radius 1 is 0.315 bits per heavy atom. The zero-order chi connectivity index (χ0) is 44.3. The average molecular weight is 963 g/mol. The third-order valence-electron chi connectivity index (χ3n) is 5.98. The van der Waals surface area contributed by atoms with Crippen LogP contribution in [-0.2, 0) is 4.79 Å². The van der Waals surface area contributed by atoms with Gasteiger partial charge in [0, 0.05) is 0 Å². The third-order valence-corrected chi connectivity index (χ3v) is 5.98. The van der Waals surface area contributed by atoms with Gasteiger partial charge in [-0.1, -0.05) is 0 Å². The molecule has 326 valence electrons. The Kier molecular flexibility index (Phi) is 12.9. The molecule has 0 heterocycles. The fourth-order valence-corrected chi connectivity index (χ4v) is 3.23. The first kappa shape index (κ1) is 53.6. The SMILES string of the molecule is O=C(NC(F)(F)[N+](C(F)(F)C(F)(F)F)(C(F)(F)C(F)(F)F)C(F)(F)C(F)(F)C(F)(F)F)C(F)(F)C(F)(F)C(F)(F)C(F)(F)C(F)(F)C(F)(F)C(F)(F)F.[Br-]. The van der Waals surface area contributed by atoms with Gasteiger partial charge in [0.25, 0.3) is 0 Å². The van der Waals surface area contributed by atoms with Crippen molar-refractivity contribution in [3.8, 4) is 0 Å². The van der Waals surface area contributed by atoms with E-state index in [4.69, 9.17) is 0 Å². The summed E-state index contributed by atoms with van der Waals surface area (Å²) >= 11 is 0. The lowest BCUT2D eigenvalue weighted by Crippen LogP contribution is -3.00. The van der Waals surface area contributed by atoms with Gasteiger partial charge in [0.2, 0.25) is 0 Å². The van der Waals surface area contributed by atoms with Crippen LogP contribution in [0.25, 0.3) is 0 Å². The molecular formula is C16HBrF34N2O. The molecular weight excluding hydrogens is 962 g/mol. The molecule has 38 heteroatoms. The van der Waals surface area contributed by atoms with Crippen molar-refractivity contribution in [1.29, 1.82) is 0 Å². The van der Waals surface area contributed by atoms with Crippen molar-refractivity contribution >= 4 is 5.91 Å². The van der Waals surface area contributed by atoms with Crippen molar-refractivity contribution in [2.75, 3.05) is 0 Å². The number of quaternary nitrogens is 1. The van der Waals surface area contributed by atoms with Gasteiger partial charge in [-0.2, -0.15) is 114 Å². The summed E-state index contributed by atoms with van der Waals surface area (Å²) in [5.41, 5.74) is 0. The maximum atomic E-state index is 14.6. The Morgan fingerprint density at radius 2 is 0.556 bits per heavy atom. The van der Waals surface area contributed by atoms with E-state index in [2.05, 4.69) is 0 Å². The van der Waals surface area contributed by atoms with Crippen molar-refractivity contribution < 1.29 is 176 Å². The van der Waals surface area contributed by atoms with Crippen LogP contribution in [0.5, 0.6) is 0 Å². The van der Waals surface area contributed by atoms with Gasteiger partial charge < -0.3 is 17.0 Å². The molecule has 0 saturated carbocycles. The van der Waals surface area contributed by atoms with Crippen LogP contribution >= 0.6 is 0 Å². The molecule has 0 bridgehead atoms. The number of carbonyl (C=O) groups is 1. The lowest BCUT2D eigenvalue weighted by Gasteiger charge is -2.53. The Bertz CT molecular complexity index is 1340. The third kappa shape index (κ3) is 6.45. The molecule has 0 aliphatic rings. The molecule has 0 aliphatic carbocycles. The van der Waals surface area contributed by atoms with Crippen molar-refractivity contribution in [2.24, 2.45) is 0 Å². The van der Waals surface area contributed by atoms with Crippen LogP contribution in [0.4, 0.5) is 149 Å². The highest BCUT2D eigenvalue weighted by atomic mass is 79.9. The number of halogens is 35. The predicted octanol–water partition coefficient (Wildman–Crippen LogP) is 6.95. The van der Waals surface area contributed by atoms with Gasteiger partial charge in [0.05, 0.1) is 0 Å². The topological polar surface area (TPSA) is 29.1 Å². The predicted molar refractivity (Wildman–Crippen MR) is 87.0 cm³/mol. The minimum Gasteiger partial charge on any atom is -1.00 e. The highest BCUT2D eigenvalue weighted by Crippen LogP contribution is 2.68. The zero-order valence-electron chi connectivity index (χ0n) is 22.6. The van der Waals surface area contributed by atoms with Crippen LogP contribution in [0.1, 0.15) is 0 Å². The standard InChI is InChI=1S/C16F34N2O.BrH/c17-2(18,3(19,20)4(21,22)5(23,24)6(25,26)7(27,28)9(31,32)33)1(53)51-16(49,50)52(14(45,46)11(37,38)39,15(47,48)12(40,41)42)13(43,44)8(29,30)10(34,35)36;/h;1H. The molecule has 0 aromatic carbocycles. The molecule has 0 radical (unpaired) electrons. The molecule has 1 N–H and O–H groups in total. The number of nitrogens with one attached hydrogen (secondary N) is 1. The minimum atomic E-state index is -10.5. The summed E-state index contributed by atoms with van der Waals surface area (Å²) in [5, 5.41) is -2.82. The maximum absolute atomic E-state index is 14.6. The van der Waals surface area contributed by atoms with E-state index in [-0.39, 0.29) is 17.0 Å². The van der Waals surface area contributed by atoms with E-state index in [1.54, 1.807) is 0 Å². The smallest absolute Gasteiger partial charge is 0.515 e. The quantitative estimate of drug-likeness (QED) is 0.0978. The van der Waals surface area contributed by atoms with Gasteiger partial charge in [-0.05, 0) is 4.48 Å². The van der Waals surface area contributed by atoms with E-state index in [1.807, 2.05) is 0 Å². The van der Waals surface area contributed by atoms with Gasteiger partial charge in [-0.15, -0.1) is 35.1 Å². The molecule has 1 amide bonds. The maximum Gasteiger partial charge on any atom is 0.515 e. The second-order valence-electron chi connectivity index (χ2n) is 9.30. The number of hydrogen-bond acceptors (Lipinski definition) is 1. The molecule has 0 saturated heterocycles. The fraction of sp³-hybridized carbons (Fsp3) is 0.938. The Hall–Kier alpha value is -2.47. The highest BCUT2D eigenvalue weighted by Gasteiger charge is 3.06. The fourth-order valence-electron chi connectivity index (χ4n) is 3.23. The molecule has 0 rings (SSSR count). The van der Waals surface area contributed by atoms with E-state index in [0.717, 1.165) is 0 Å². The largest absolute Gasteiger partial charge is 1.00 e. The lowest BCUT2D eigenvalue weighted by molar-refractivity contribution is -1.21. The molecule has 0 aliphatic heterocycles. The average Bonchev–Trinajstić information content (AvgIpc) is 2.84. The number of carbonyl (C=O) groups excluding carboxylic acids is 1. The summed E-state index contributed by atoms with van der Waals surface area (Å²) in [6.45, 7) is 0. The summed E-state index contributed by atoms with van der Waals surface area (Å²) < 4.78 is 445. The molecule has 0 aromatic heterocycles. The van der Waals surface area contributed by atoms with Crippen LogP contribution in [-0.4, -0.2) is 101 Å². The Morgan fingerprint density at radius 3 is 0.796 bits per heavy atom. The molecule has 0 aromatic rings. The van der Waals surface area contributed by atoms with Gasteiger partial charge in [0.1, 0.15) is 0 Å². The number of alkyl halides is 34. The second kappa shape index (κ2) is 13.0. The van der Waals surface area contributed by atoms with E-state index in [1.165, 1.54) is 0 Å². The molecule has 0 spiro atoms. The van der Waals surface area contributed by atoms with Crippen molar-refractivity contribution in [3.05, 3.63) is 0 Å². The van der Waals surface area contributed by atoms with Crippen molar-refractivity contribution in [1.82, 2.24) is 5.32 Å². The highest BCUT2D eigenvalue weighted by molar-refractivity contribution is 5.85. The summed E-state index contributed by atoms with van der Waals surface area (Å²) in [6, 6.07) is -31.0. The summed E-state index contributed by atoms with van der Waals surface area (Å²) in [5.74, 6) is -72.6. The van der Waals surface area contributed by atoms with Gasteiger partial charge in [-0.25, -0.2) is 5.32 Å². The number of amides is 1. The number of rotatable bonds is 12. The van der Waals surface area contributed by atoms with Gasteiger partial charge in [0.15, 0.2) is 0 Å². The van der Waals surface area contributed by atoms with Crippen molar-refractivity contribution in [3.63, 3.8) is 0 Å². The minimum absolute atomic E-state index is 0. The van der Waals surface area contributed by atoms with Gasteiger partial charge in [-0.3, -0.25) is 4.79 Å². The van der Waals surface area contributed by atoms with Crippen molar-refractivity contribution in [2.45, 2.75) is 90.5 Å². The monoisotopic (exact) mass is 962 g/mol. The van der Waals surface area contributed by atoms with Crippen LogP contribution in [0.3, 0.4) is 0 Å². The molecule has 0 fully saturated rings. The molecule has 0 atom stereocenters. The lowest BCUT2D eigenvalue weighted by atomic mass is 9.91. The van der Waals surface area contributed by atoms with Crippen LogP contribution in [0.15, 0.2) is 0 Å². The number of hydrogen-bond donors (Lipinski definition) is 1. The van der Waals surface area contributed by atoms with Gasteiger partial charge >= 0.3 is 96.4 Å². The summed E-state index contributed by atoms with van der Waals surface area (Å²) in [4.78, 5) is 11.2.